The van der Waals surface area contributed by atoms with Crippen LogP contribution in [0.3, 0.4) is 0 Å². The zero-order valence-corrected chi connectivity index (χ0v) is 14.3. The molecule has 3 rings (SSSR count). The van der Waals surface area contributed by atoms with Gasteiger partial charge >= 0.3 is 5.97 Å². The quantitative estimate of drug-likeness (QED) is 0.681. The largest absolute Gasteiger partial charge is 0.507 e. The lowest BCUT2D eigenvalue weighted by atomic mass is 9.98. The van der Waals surface area contributed by atoms with Crippen LogP contribution in [0.4, 0.5) is 0 Å². The Morgan fingerprint density at radius 1 is 1.20 bits per heavy atom. The van der Waals surface area contributed by atoms with E-state index in [1.165, 1.54) is 12.1 Å². The van der Waals surface area contributed by atoms with Crippen LogP contribution in [-0.4, -0.2) is 21.7 Å². The molecule has 0 aliphatic rings. The van der Waals surface area contributed by atoms with E-state index in [1.807, 2.05) is 6.07 Å². The molecule has 0 saturated carbocycles. The van der Waals surface area contributed by atoms with Crippen LogP contribution in [0, 0.1) is 11.3 Å². The first-order valence-electron chi connectivity index (χ1n) is 7.86. The maximum absolute atomic E-state index is 12.2. The van der Waals surface area contributed by atoms with Crippen LogP contribution in [0.2, 0.25) is 0 Å². The van der Waals surface area contributed by atoms with Gasteiger partial charge in [-0.05, 0) is 62.2 Å². The van der Waals surface area contributed by atoms with Gasteiger partial charge in [-0.15, -0.1) is 0 Å². The molecule has 3 aromatic rings. The molecule has 0 amide bonds. The number of fused-ring (bicyclic) bond motifs is 1. The van der Waals surface area contributed by atoms with Crippen LogP contribution in [0.25, 0.3) is 22.0 Å². The number of H-pyrrole nitrogens is 1. The maximum atomic E-state index is 12.2. The lowest BCUT2D eigenvalue weighted by molar-refractivity contribution is 0.00669. The van der Waals surface area contributed by atoms with Crippen LogP contribution >= 0.6 is 0 Å². The van der Waals surface area contributed by atoms with E-state index in [0.717, 1.165) is 16.5 Å². The number of phenols is 1. The Bertz CT molecular complexity index is 1000. The summed E-state index contributed by atoms with van der Waals surface area (Å²) in [4.78, 5) is 15.3. The summed E-state index contributed by atoms with van der Waals surface area (Å²) in [5.41, 5.74) is 2.35. The van der Waals surface area contributed by atoms with Crippen molar-refractivity contribution in [2.75, 3.05) is 0 Å². The lowest BCUT2D eigenvalue weighted by Gasteiger charge is -2.20. The van der Waals surface area contributed by atoms with E-state index in [1.54, 1.807) is 45.2 Å². The minimum absolute atomic E-state index is 0.112. The number of esters is 1. The summed E-state index contributed by atoms with van der Waals surface area (Å²) in [6, 6.07) is 12.4. The molecule has 5 heteroatoms. The summed E-state index contributed by atoms with van der Waals surface area (Å²) >= 11 is 0. The highest BCUT2D eigenvalue weighted by atomic mass is 16.6. The van der Waals surface area contributed by atoms with Crippen LogP contribution in [-0.2, 0) is 4.74 Å². The number of aromatic nitrogens is 1. The molecular formula is C20H18N2O3. The zero-order valence-electron chi connectivity index (χ0n) is 14.3. The van der Waals surface area contributed by atoms with E-state index in [9.17, 15) is 15.2 Å². The normalized spacial score (nSPS) is 11.3. The number of aromatic hydroxyl groups is 1. The van der Waals surface area contributed by atoms with Gasteiger partial charge < -0.3 is 14.8 Å². The van der Waals surface area contributed by atoms with Gasteiger partial charge in [0.1, 0.15) is 16.9 Å². The highest BCUT2D eigenvalue weighted by molar-refractivity contribution is 5.98. The number of aromatic amines is 1. The van der Waals surface area contributed by atoms with Gasteiger partial charge in [0.05, 0.1) is 11.6 Å². The van der Waals surface area contributed by atoms with Crippen molar-refractivity contribution < 1.29 is 14.6 Å². The fraction of sp³-hybridized carbons (Fsp3) is 0.200. The van der Waals surface area contributed by atoms with Crippen LogP contribution < -0.4 is 0 Å². The van der Waals surface area contributed by atoms with Gasteiger partial charge in [0.2, 0.25) is 0 Å². The maximum Gasteiger partial charge on any atom is 0.342 e. The number of ether oxygens (including phenoxy) is 1. The number of benzene rings is 2. The number of phenolic OH excluding ortho intramolecular Hbond substituents is 1. The molecule has 2 N–H and O–H groups in total. The third-order valence-electron chi connectivity index (χ3n) is 3.73. The van der Waals surface area contributed by atoms with Crippen molar-refractivity contribution in [1.29, 1.82) is 5.26 Å². The predicted molar refractivity (Wildman–Crippen MR) is 95.3 cm³/mol. The Kier molecular flexibility index (Phi) is 3.97. The van der Waals surface area contributed by atoms with Crippen molar-refractivity contribution in [2.45, 2.75) is 26.4 Å². The van der Waals surface area contributed by atoms with Gasteiger partial charge in [0.15, 0.2) is 0 Å². The molecule has 0 aliphatic heterocycles. The third-order valence-corrected chi connectivity index (χ3v) is 3.73. The van der Waals surface area contributed by atoms with Crippen LogP contribution in [0.5, 0.6) is 5.75 Å². The molecule has 2 aromatic carbocycles. The van der Waals surface area contributed by atoms with Crippen LogP contribution in [0.15, 0.2) is 42.6 Å². The number of nitrogens with zero attached hydrogens (tertiary/aromatic N) is 1. The van der Waals surface area contributed by atoms with Gasteiger partial charge in [-0.25, -0.2) is 4.79 Å². The number of hydrogen-bond donors (Lipinski definition) is 2. The topological polar surface area (TPSA) is 86.1 Å². The Morgan fingerprint density at radius 3 is 2.60 bits per heavy atom. The van der Waals surface area contributed by atoms with Gasteiger partial charge in [-0.2, -0.15) is 5.26 Å². The SMILES string of the molecule is CC(C)(C)OC(=O)c1ccc(-c2cc(C#N)cc3[nH]ccc23)cc1O. The third kappa shape index (κ3) is 3.33. The van der Waals surface area contributed by atoms with Crippen molar-refractivity contribution in [3.8, 4) is 22.9 Å². The summed E-state index contributed by atoms with van der Waals surface area (Å²) in [6.45, 7) is 5.31. The van der Waals surface area contributed by atoms with E-state index in [2.05, 4.69) is 11.1 Å². The van der Waals surface area contributed by atoms with Crippen molar-refractivity contribution in [3.05, 3.63) is 53.7 Å². The van der Waals surface area contributed by atoms with E-state index in [4.69, 9.17) is 4.74 Å². The zero-order chi connectivity index (χ0) is 18.2. The van der Waals surface area contributed by atoms with Crippen LogP contribution in [0.1, 0.15) is 36.7 Å². The molecule has 5 nitrogen and oxygen atoms in total. The summed E-state index contributed by atoms with van der Waals surface area (Å²) in [7, 11) is 0. The minimum Gasteiger partial charge on any atom is -0.507 e. The van der Waals surface area contributed by atoms with Gasteiger partial charge in [-0.1, -0.05) is 6.07 Å². The highest BCUT2D eigenvalue weighted by Crippen LogP contribution is 2.33. The number of carbonyl (C=O) groups is 1. The van der Waals surface area contributed by atoms with E-state index in [-0.39, 0.29) is 11.3 Å². The smallest absolute Gasteiger partial charge is 0.342 e. The number of hydrogen-bond acceptors (Lipinski definition) is 4. The molecule has 1 heterocycles. The number of nitriles is 1. The molecule has 0 radical (unpaired) electrons. The standard InChI is InChI=1S/C20H18N2O3/c1-20(2,3)25-19(24)15-5-4-13(10-18(15)23)16-8-12(11-21)9-17-14(16)6-7-22-17/h4-10,22-23H,1-3H3. The minimum atomic E-state index is -0.638. The highest BCUT2D eigenvalue weighted by Gasteiger charge is 2.21. The van der Waals surface area contributed by atoms with E-state index < -0.39 is 11.6 Å². The number of rotatable bonds is 2. The van der Waals surface area contributed by atoms with Crippen molar-refractivity contribution in [1.82, 2.24) is 4.98 Å². The summed E-state index contributed by atoms with van der Waals surface area (Å²) in [5.74, 6) is -0.730. The van der Waals surface area contributed by atoms with Gasteiger partial charge in [0.25, 0.3) is 0 Å². The fourth-order valence-electron chi connectivity index (χ4n) is 2.68. The molecule has 0 fully saturated rings. The first kappa shape index (κ1) is 16.6. The van der Waals surface area contributed by atoms with Crippen molar-refractivity contribution in [3.63, 3.8) is 0 Å². The molecule has 25 heavy (non-hydrogen) atoms. The molecule has 126 valence electrons. The first-order chi connectivity index (χ1) is 11.8. The second kappa shape index (κ2) is 5.99. The molecule has 0 aliphatic carbocycles. The molecule has 0 saturated heterocycles. The Hall–Kier alpha value is -3.26. The van der Waals surface area contributed by atoms with E-state index >= 15 is 0 Å². The fourth-order valence-corrected chi connectivity index (χ4v) is 2.68. The number of nitrogens with one attached hydrogen (secondary N) is 1. The predicted octanol–water partition coefficient (Wildman–Crippen LogP) is 4.37. The molecule has 1 aromatic heterocycles. The monoisotopic (exact) mass is 334 g/mol. The Morgan fingerprint density at radius 2 is 1.96 bits per heavy atom. The van der Waals surface area contributed by atoms with E-state index in [0.29, 0.717) is 11.1 Å². The average Bonchev–Trinajstić information content (AvgIpc) is 3.00. The van der Waals surface area contributed by atoms with Crippen molar-refractivity contribution in [2.24, 2.45) is 0 Å². The Labute approximate surface area is 145 Å². The van der Waals surface area contributed by atoms with Crippen molar-refractivity contribution >= 4 is 16.9 Å². The Balaban J connectivity index is 2.06. The second-order valence-electron chi connectivity index (χ2n) is 6.81. The van der Waals surface area contributed by atoms with Gasteiger partial charge in [0, 0.05) is 17.1 Å². The first-order valence-corrected chi connectivity index (χ1v) is 7.86. The molecule has 0 spiro atoms. The molecule has 0 atom stereocenters. The molecular weight excluding hydrogens is 316 g/mol. The second-order valence-corrected chi connectivity index (χ2v) is 6.81. The molecule has 0 unspecified atom stereocenters. The summed E-state index contributed by atoms with van der Waals surface area (Å²) in [6.07, 6.45) is 1.80. The van der Waals surface area contributed by atoms with Gasteiger partial charge in [-0.3, -0.25) is 0 Å². The summed E-state index contributed by atoms with van der Waals surface area (Å²) in [5, 5.41) is 20.4. The average molecular weight is 334 g/mol. The summed E-state index contributed by atoms with van der Waals surface area (Å²) < 4.78 is 5.30. The number of carbonyl (C=O) groups excluding carboxylic acids is 1. The molecule has 0 bridgehead atoms. The lowest BCUT2D eigenvalue weighted by Crippen LogP contribution is -2.23.